The third-order valence-electron chi connectivity index (χ3n) is 6.65. The summed E-state index contributed by atoms with van der Waals surface area (Å²) in [6, 6.07) is 14.8. The highest BCUT2D eigenvalue weighted by Crippen LogP contribution is 2.32. The molecule has 0 saturated heterocycles. The van der Waals surface area contributed by atoms with Crippen molar-refractivity contribution in [3.05, 3.63) is 108 Å². The standard InChI is InChI=1S/C31H28N2O7S/c1-16(2)39-30(37)26-18(4)32-31-33(27(26)19-6-9-21(38-5)10-7-19)28(34)25(41-31)15-22-11-13-24(40-22)23-12-8-20(29(35)36)14-17(23)3/h6-16,27H,1-5H3,(H,35,36)/b25-15-/t27-/m0/s1. The van der Waals surface area contributed by atoms with Gasteiger partial charge in [0, 0.05) is 11.6 Å². The maximum atomic E-state index is 13.8. The van der Waals surface area contributed by atoms with Gasteiger partial charge in [0.2, 0.25) is 0 Å². The quantitative estimate of drug-likeness (QED) is 0.325. The number of aryl methyl sites for hydroxylation is 1. The third kappa shape index (κ3) is 5.38. The van der Waals surface area contributed by atoms with Gasteiger partial charge in [0.05, 0.1) is 40.6 Å². The zero-order valence-electron chi connectivity index (χ0n) is 23.1. The van der Waals surface area contributed by atoms with Crippen LogP contribution in [0.2, 0.25) is 0 Å². The predicted octanol–water partition coefficient (Wildman–Crippen LogP) is 4.46. The summed E-state index contributed by atoms with van der Waals surface area (Å²) in [5.41, 5.74) is 2.85. The fourth-order valence-corrected chi connectivity index (χ4v) is 5.77. The van der Waals surface area contributed by atoms with Crippen molar-refractivity contribution in [3.63, 3.8) is 0 Å². The fraction of sp³-hybridized carbons (Fsp3) is 0.226. The van der Waals surface area contributed by atoms with Crippen LogP contribution in [0.5, 0.6) is 5.75 Å². The Kier molecular flexibility index (Phi) is 7.51. The molecule has 10 heteroatoms. The van der Waals surface area contributed by atoms with Crippen LogP contribution in [0.1, 0.15) is 54.1 Å². The van der Waals surface area contributed by atoms with Gasteiger partial charge in [0.15, 0.2) is 4.80 Å². The lowest BCUT2D eigenvalue weighted by molar-refractivity contribution is -0.143. The number of carboxylic acids is 1. The Morgan fingerprint density at radius 2 is 1.83 bits per heavy atom. The second-order valence-electron chi connectivity index (χ2n) is 9.85. The number of benzene rings is 2. The first-order valence-corrected chi connectivity index (χ1v) is 13.7. The van der Waals surface area contributed by atoms with Gasteiger partial charge in [0.25, 0.3) is 5.56 Å². The summed E-state index contributed by atoms with van der Waals surface area (Å²) in [5, 5.41) is 9.25. The number of fused-ring (bicyclic) bond motifs is 1. The van der Waals surface area contributed by atoms with Crippen molar-refractivity contribution in [1.29, 1.82) is 0 Å². The molecule has 1 N–H and O–H groups in total. The van der Waals surface area contributed by atoms with E-state index in [1.807, 2.05) is 19.1 Å². The number of carbonyl (C=O) groups excluding carboxylic acids is 1. The number of carboxylic acid groups (broad SMARTS) is 1. The van der Waals surface area contributed by atoms with Gasteiger partial charge in [0.1, 0.15) is 17.3 Å². The van der Waals surface area contributed by atoms with Crippen molar-refractivity contribution in [2.75, 3.05) is 7.11 Å². The Labute approximate surface area is 239 Å². The number of allylic oxidation sites excluding steroid dienone is 1. The molecular formula is C31H28N2O7S. The molecule has 5 rings (SSSR count). The second-order valence-corrected chi connectivity index (χ2v) is 10.9. The van der Waals surface area contributed by atoms with E-state index in [2.05, 4.69) is 4.99 Å². The molecule has 1 aliphatic heterocycles. The van der Waals surface area contributed by atoms with Crippen molar-refractivity contribution in [2.24, 2.45) is 4.99 Å². The summed E-state index contributed by atoms with van der Waals surface area (Å²) >= 11 is 1.20. The van der Waals surface area contributed by atoms with Crippen LogP contribution >= 0.6 is 11.3 Å². The highest BCUT2D eigenvalue weighted by Gasteiger charge is 2.33. The molecule has 2 aromatic carbocycles. The molecule has 0 saturated carbocycles. The van der Waals surface area contributed by atoms with Gasteiger partial charge >= 0.3 is 11.9 Å². The van der Waals surface area contributed by atoms with Crippen molar-refractivity contribution in [3.8, 4) is 17.1 Å². The van der Waals surface area contributed by atoms with Crippen LogP contribution in [-0.4, -0.2) is 34.8 Å². The number of ether oxygens (including phenoxy) is 2. The minimum Gasteiger partial charge on any atom is -0.497 e. The highest BCUT2D eigenvalue weighted by atomic mass is 32.1. The van der Waals surface area contributed by atoms with E-state index >= 15 is 0 Å². The molecule has 41 heavy (non-hydrogen) atoms. The second kappa shape index (κ2) is 11.1. The predicted molar refractivity (Wildman–Crippen MR) is 154 cm³/mol. The molecule has 1 atom stereocenters. The van der Waals surface area contributed by atoms with Crippen LogP contribution in [0, 0.1) is 6.92 Å². The molecule has 0 amide bonds. The number of furan rings is 1. The fourth-order valence-electron chi connectivity index (χ4n) is 4.74. The molecule has 9 nitrogen and oxygen atoms in total. The highest BCUT2D eigenvalue weighted by molar-refractivity contribution is 7.07. The molecule has 3 heterocycles. The summed E-state index contributed by atoms with van der Waals surface area (Å²) in [5.74, 6) is 0.108. The Morgan fingerprint density at radius 3 is 2.46 bits per heavy atom. The van der Waals surface area contributed by atoms with Gasteiger partial charge < -0.3 is 19.0 Å². The third-order valence-corrected chi connectivity index (χ3v) is 7.64. The van der Waals surface area contributed by atoms with Crippen LogP contribution < -0.4 is 19.6 Å². The minimum absolute atomic E-state index is 0.192. The normalized spacial score (nSPS) is 15.1. The van der Waals surface area contributed by atoms with E-state index in [1.54, 1.807) is 70.4 Å². The van der Waals surface area contributed by atoms with Gasteiger partial charge in [-0.25, -0.2) is 14.6 Å². The molecule has 0 fully saturated rings. The molecule has 1 aliphatic rings. The van der Waals surface area contributed by atoms with Crippen LogP contribution in [0.4, 0.5) is 0 Å². The van der Waals surface area contributed by atoms with Gasteiger partial charge in [-0.3, -0.25) is 9.36 Å². The number of methoxy groups -OCH3 is 1. The van der Waals surface area contributed by atoms with Gasteiger partial charge in [-0.1, -0.05) is 29.5 Å². The topological polar surface area (TPSA) is 120 Å². The summed E-state index contributed by atoms with van der Waals surface area (Å²) in [6.45, 7) is 7.09. The SMILES string of the molecule is COc1ccc([C@H]2C(C(=O)OC(C)C)=C(C)N=c3s/c(=C\c4ccc(-c5ccc(C(=O)O)cc5C)o4)c(=O)n32)cc1. The molecule has 0 aliphatic carbocycles. The van der Waals surface area contributed by atoms with Crippen LogP contribution in [0.15, 0.2) is 80.1 Å². The van der Waals surface area contributed by atoms with Gasteiger partial charge in [-0.2, -0.15) is 0 Å². The smallest absolute Gasteiger partial charge is 0.338 e. The number of thiazole rings is 1. The summed E-state index contributed by atoms with van der Waals surface area (Å²) in [4.78, 5) is 43.4. The average molecular weight is 573 g/mol. The van der Waals surface area contributed by atoms with E-state index < -0.39 is 18.0 Å². The Balaban J connectivity index is 1.60. The maximum absolute atomic E-state index is 13.8. The molecule has 4 aromatic rings. The first-order valence-electron chi connectivity index (χ1n) is 12.9. The lowest BCUT2D eigenvalue weighted by atomic mass is 9.96. The van der Waals surface area contributed by atoms with Crippen LogP contribution in [0.25, 0.3) is 17.4 Å². The van der Waals surface area contributed by atoms with Crippen molar-refractivity contribution >= 4 is 29.4 Å². The van der Waals surface area contributed by atoms with Gasteiger partial charge in [-0.05, 0) is 75.2 Å². The van der Waals surface area contributed by atoms with Crippen molar-refractivity contribution < 1.29 is 28.6 Å². The Bertz CT molecular complexity index is 1870. The minimum atomic E-state index is -1.00. The monoisotopic (exact) mass is 572 g/mol. The molecule has 0 bridgehead atoms. The van der Waals surface area contributed by atoms with Crippen molar-refractivity contribution in [1.82, 2.24) is 4.57 Å². The molecule has 0 unspecified atom stereocenters. The maximum Gasteiger partial charge on any atom is 0.338 e. The molecule has 0 radical (unpaired) electrons. The zero-order chi connectivity index (χ0) is 29.4. The lowest BCUT2D eigenvalue weighted by Gasteiger charge is -2.25. The summed E-state index contributed by atoms with van der Waals surface area (Å²) in [6.07, 6.45) is 1.30. The summed E-state index contributed by atoms with van der Waals surface area (Å²) < 4.78 is 18.8. The number of aromatic nitrogens is 1. The van der Waals surface area contributed by atoms with Gasteiger partial charge in [-0.15, -0.1) is 0 Å². The number of hydrogen-bond donors (Lipinski definition) is 1. The first-order chi connectivity index (χ1) is 19.6. The molecule has 2 aromatic heterocycles. The van der Waals surface area contributed by atoms with Crippen LogP contribution in [0.3, 0.4) is 0 Å². The van der Waals surface area contributed by atoms with E-state index in [-0.39, 0.29) is 17.2 Å². The van der Waals surface area contributed by atoms with E-state index in [4.69, 9.17) is 13.9 Å². The number of esters is 1. The first kappa shape index (κ1) is 27.9. The average Bonchev–Trinajstić information content (AvgIpc) is 3.51. The lowest BCUT2D eigenvalue weighted by Crippen LogP contribution is -2.40. The Morgan fingerprint density at radius 1 is 1.10 bits per heavy atom. The number of carbonyl (C=O) groups is 2. The summed E-state index contributed by atoms with van der Waals surface area (Å²) in [7, 11) is 1.57. The van der Waals surface area contributed by atoms with Crippen molar-refractivity contribution in [2.45, 2.75) is 39.8 Å². The zero-order valence-corrected chi connectivity index (χ0v) is 23.9. The molecule has 0 spiro atoms. The Hall–Kier alpha value is -4.70. The number of rotatable bonds is 7. The van der Waals surface area contributed by atoms with E-state index in [0.717, 1.165) is 11.1 Å². The number of nitrogens with zero attached hydrogens (tertiary/aromatic N) is 2. The molecular weight excluding hydrogens is 544 g/mol. The van der Waals surface area contributed by atoms with Crippen LogP contribution in [-0.2, 0) is 9.53 Å². The van der Waals surface area contributed by atoms with E-state index in [1.165, 1.54) is 22.0 Å². The van der Waals surface area contributed by atoms with E-state index in [9.17, 15) is 19.5 Å². The van der Waals surface area contributed by atoms with E-state index in [0.29, 0.717) is 43.4 Å². The largest absolute Gasteiger partial charge is 0.497 e. The number of aromatic carboxylic acids is 1. The number of hydrogen-bond acceptors (Lipinski definition) is 8. The molecule has 210 valence electrons.